The Kier molecular flexibility index (Phi) is 4.69. The lowest BCUT2D eigenvalue weighted by atomic mass is 10.2. The topological polar surface area (TPSA) is 77.1 Å². The minimum Gasteiger partial charge on any atom is -0.409 e. The molecule has 0 aliphatic carbocycles. The lowest BCUT2D eigenvalue weighted by molar-refractivity contribution is -0.0115. The molecule has 0 spiro atoms. The molecule has 1 rings (SSSR count). The van der Waals surface area contributed by atoms with Crippen molar-refractivity contribution in [3.8, 4) is 0 Å². The summed E-state index contributed by atoms with van der Waals surface area (Å²) in [6, 6.07) is 0. The Morgan fingerprint density at radius 1 is 1.79 bits per heavy atom. The van der Waals surface area contributed by atoms with E-state index in [1.165, 1.54) is 0 Å². The van der Waals surface area contributed by atoms with Gasteiger partial charge in [-0.05, 0) is 19.8 Å². The SMILES string of the molecule is CC(CC(N)=NO)OCC1CCCO1. The maximum atomic E-state index is 8.35. The Morgan fingerprint density at radius 3 is 3.14 bits per heavy atom. The highest BCUT2D eigenvalue weighted by atomic mass is 16.5. The number of ether oxygens (including phenoxy) is 2. The van der Waals surface area contributed by atoms with Gasteiger partial charge in [-0.2, -0.15) is 0 Å². The van der Waals surface area contributed by atoms with Gasteiger partial charge in [-0.1, -0.05) is 5.16 Å². The van der Waals surface area contributed by atoms with Gasteiger partial charge in [-0.3, -0.25) is 0 Å². The van der Waals surface area contributed by atoms with Gasteiger partial charge in [0.15, 0.2) is 0 Å². The van der Waals surface area contributed by atoms with Crippen LogP contribution >= 0.6 is 0 Å². The zero-order chi connectivity index (χ0) is 10.4. The third kappa shape index (κ3) is 3.93. The highest BCUT2D eigenvalue weighted by Crippen LogP contribution is 2.13. The van der Waals surface area contributed by atoms with E-state index in [-0.39, 0.29) is 18.0 Å². The van der Waals surface area contributed by atoms with Crippen LogP contribution in [0.15, 0.2) is 5.16 Å². The molecule has 0 aromatic heterocycles. The predicted molar refractivity (Wildman–Crippen MR) is 52.4 cm³/mol. The van der Waals surface area contributed by atoms with Crippen LogP contribution in [0.3, 0.4) is 0 Å². The molecule has 3 N–H and O–H groups in total. The van der Waals surface area contributed by atoms with E-state index in [9.17, 15) is 0 Å². The minimum absolute atomic E-state index is 0.0323. The van der Waals surface area contributed by atoms with E-state index in [4.69, 9.17) is 20.4 Å². The van der Waals surface area contributed by atoms with E-state index in [1.807, 2.05) is 6.92 Å². The third-order valence-corrected chi connectivity index (χ3v) is 2.22. The van der Waals surface area contributed by atoms with Crippen molar-refractivity contribution in [3.05, 3.63) is 0 Å². The summed E-state index contributed by atoms with van der Waals surface area (Å²) in [7, 11) is 0. The number of hydrogen-bond donors (Lipinski definition) is 2. The Hall–Kier alpha value is -0.810. The fraction of sp³-hybridized carbons (Fsp3) is 0.889. The Labute approximate surface area is 83.9 Å². The number of nitrogens with zero attached hydrogens (tertiary/aromatic N) is 1. The smallest absolute Gasteiger partial charge is 0.141 e. The molecule has 1 aliphatic heterocycles. The summed E-state index contributed by atoms with van der Waals surface area (Å²) in [4.78, 5) is 0. The van der Waals surface area contributed by atoms with E-state index in [1.54, 1.807) is 0 Å². The standard InChI is InChI=1S/C9H18N2O3/c1-7(5-9(10)11-12)14-6-8-3-2-4-13-8/h7-8,12H,2-6H2,1H3,(H2,10,11). The molecule has 1 saturated heterocycles. The molecule has 1 fully saturated rings. The molecule has 2 atom stereocenters. The molecule has 14 heavy (non-hydrogen) atoms. The van der Waals surface area contributed by atoms with Gasteiger partial charge >= 0.3 is 0 Å². The van der Waals surface area contributed by atoms with Crippen LogP contribution in [-0.2, 0) is 9.47 Å². The van der Waals surface area contributed by atoms with Crippen LogP contribution in [0.25, 0.3) is 0 Å². The van der Waals surface area contributed by atoms with E-state index in [0.29, 0.717) is 13.0 Å². The fourth-order valence-corrected chi connectivity index (χ4v) is 1.44. The van der Waals surface area contributed by atoms with Crippen molar-refractivity contribution in [1.29, 1.82) is 0 Å². The molecule has 0 amide bonds. The first-order chi connectivity index (χ1) is 6.72. The van der Waals surface area contributed by atoms with Gasteiger partial charge in [0.25, 0.3) is 0 Å². The zero-order valence-corrected chi connectivity index (χ0v) is 8.48. The van der Waals surface area contributed by atoms with E-state index in [0.717, 1.165) is 19.4 Å². The molecule has 2 unspecified atom stereocenters. The summed E-state index contributed by atoms with van der Waals surface area (Å²) in [5, 5.41) is 11.2. The third-order valence-electron chi connectivity index (χ3n) is 2.22. The molecule has 0 aromatic rings. The first kappa shape index (κ1) is 11.3. The number of rotatable bonds is 5. The van der Waals surface area contributed by atoms with E-state index in [2.05, 4.69) is 5.16 Å². The molecule has 82 valence electrons. The summed E-state index contributed by atoms with van der Waals surface area (Å²) < 4.78 is 10.9. The Morgan fingerprint density at radius 2 is 2.57 bits per heavy atom. The van der Waals surface area contributed by atoms with Gasteiger partial charge in [0.2, 0.25) is 0 Å². The molecule has 0 bridgehead atoms. The Balaban J connectivity index is 2.10. The second-order valence-corrected chi connectivity index (χ2v) is 3.57. The van der Waals surface area contributed by atoms with Crippen molar-refractivity contribution in [3.63, 3.8) is 0 Å². The summed E-state index contributed by atoms with van der Waals surface area (Å²) in [6.07, 6.45) is 2.82. The van der Waals surface area contributed by atoms with Crippen LogP contribution in [-0.4, -0.2) is 36.5 Å². The van der Waals surface area contributed by atoms with Crippen LogP contribution in [0.2, 0.25) is 0 Å². The van der Waals surface area contributed by atoms with Gasteiger partial charge in [0, 0.05) is 13.0 Å². The van der Waals surface area contributed by atoms with Crippen LogP contribution in [0.1, 0.15) is 26.2 Å². The summed E-state index contributed by atoms with van der Waals surface area (Å²) >= 11 is 0. The quantitative estimate of drug-likeness (QED) is 0.298. The van der Waals surface area contributed by atoms with Gasteiger partial charge in [-0.15, -0.1) is 0 Å². The van der Waals surface area contributed by atoms with Gasteiger partial charge in [-0.25, -0.2) is 0 Å². The van der Waals surface area contributed by atoms with Crippen molar-refractivity contribution in [1.82, 2.24) is 0 Å². The molecule has 0 aromatic carbocycles. The van der Waals surface area contributed by atoms with Crippen molar-refractivity contribution in [2.45, 2.75) is 38.4 Å². The maximum absolute atomic E-state index is 8.35. The van der Waals surface area contributed by atoms with Crippen molar-refractivity contribution in [2.75, 3.05) is 13.2 Å². The summed E-state index contributed by atoms with van der Waals surface area (Å²) in [5.41, 5.74) is 5.35. The van der Waals surface area contributed by atoms with Crippen molar-refractivity contribution in [2.24, 2.45) is 10.9 Å². The van der Waals surface area contributed by atoms with Crippen molar-refractivity contribution < 1.29 is 14.7 Å². The fourth-order valence-electron chi connectivity index (χ4n) is 1.44. The second kappa shape index (κ2) is 5.82. The Bertz CT molecular complexity index is 190. The van der Waals surface area contributed by atoms with Crippen molar-refractivity contribution >= 4 is 5.84 Å². The zero-order valence-electron chi connectivity index (χ0n) is 8.48. The number of oxime groups is 1. The van der Waals surface area contributed by atoms with Gasteiger partial charge < -0.3 is 20.4 Å². The molecular weight excluding hydrogens is 184 g/mol. The van der Waals surface area contributed by atoms with Gasteiger partial charge in [0.05, 0.1) is 18.8 Å². The normalized spacial score (nSPS) is 25.2. The first-order valence-corrected chi connectivity index (χ1v) is 4.92. The molecule has 0 radical (unpaired) electrons. The molecule has 5 heteroatoms. The molecule has 0 saturated carbocycles. The number of hydrogen-bond acceptors (Lipinski definition) is 4. The lowest BCUT2D eigenvalue weighted by Gasteiger charge is -2.15. The van der Waals surface area contributed by atoms with Crippen LogP contribution < -0.4 is 5.73 Å². The average Bonchev–Trinajstić information content (AvgIpc) is 2.67. The monoisotopic (exact) mass is 202 g/mol. The minimum atomic E-state index is -0.0323. The molecule has 1 heterocycles. The molecule has 5 nitrogen and oxygen atoms in total. The predicted octanol–water partition coefficient (Wildman–Crippen LogP) is 0.707. The molecule has 1 aliphatic rings. The largest absolute Gasteiger partial charge is 0.409 e. The van der Waals surface area contributed by atoms with Gasteiger partial charge in [0.1, 0.15) is 5.84 Å². The second-order valence-electron chi connectivity index (χ2n) is 3.57. The van der Waals surface area contributed by atoms with Crippen LogP contribution in [0, 0.1) is 0 Å². The first-order valence-electron chi connectivity index (χ1n) is 4.92. The van der Waals surface area contributed by atoms with Crippen LogP contribution in [0.5, 0.6) is 0 Å². The molecular formula is C9H18N2O3. The average molecular weight is 202 g/mol. The maximum Gasteiger partial charge on any atom is 0.141 e. The van der Waals surface area contributed by atoms with E-state index < -0.39 is 0 Å². The van der Waals surface area contributed by atoms with E-state index >= 15 is 0 Å². The highest BCUT2D eigenvalue weighted by molar-refractivity contribution is 5.79. The highest BCUT2D eigenvalue weighted by Gasteiger charge is 2.17. The number of amidine groups is 1. The summed E-state index contributed by atoms with van der Waals surface area (Å²) in [6.45, 7) is 3.33. The lowest BCUT2D eigenvalue weighted by Crippen LogP contribution is -2.24. The van der Waals surface area contributed by atoms with Crippen LogP contribution in [0.4, 0.5) is 0 Å². The number of nitrogens with two attached hydrogens (primary N) is 1. The summed E-state index contributed by atoms with van der Waals surface area (Å²) in [5.74, 6) is 0.199.